The number of nitrogens with one attached hydrogen (secondary N) is 1. The second-order valence-corrected chi connectivity index (χ2v) is 8.38. The number of carbonyl (C=O) groups is 1. The third-order valence-electron chi connectivity index (χ3n) is 6.54. The Kier molecular flexibility index (Phi) is 5.23. The van der Waals surface area contributed by atoms with E-state index in [-0.39, 0.29) is 18.1 Å². The molecule has 0 spiro atoms. The van der Waals surface area contributed by atoms with Crippen LogP contribution in [0, 0.1) is 0 Å². The normalized spacial score (nSPS) is 24.1. The summed E-state index contributed by atoms with van der Waals surface area (Å²) in [4.78, 5) is 25.8. The first-order valence-corrected chi connectivity index (χ1v) is 11.0. The molecule has 2 aliphatic heterocycles. The zero-order valence-electron chi connectivity index (χ0n) is 16.8. The Labute approximate surface area is 171 Å². The van der Waals surface area contributed by atoms with Crippen LogP contribution in [0.15, 0.2) is 24.5 Å². The molecule has 154 valence electrons. The molecule has 0 bridgehead atoms. The second kappa shape index (κ2) is 8.14. The number of hydrogen-bond acceptors (Lipinski definition) is 6. The summed E-state index contributed by atoms with van der Waals surface area (Å²) in [6, 6.07) is 6.41. The number of piperidine rings is 1. The van der Waals surface area contributed by atoms with E-state index in [1.807, 2.05) is 0 Å². The Balaban J connectivity index is 1.31. The number of piperazine rings is 1. The Hall–Kier alpha value is -2.41. The van der Waals surface area contributed by atoms with Crippen LogP contribution in [-0.4, -0.2) is 65.6 Å². The molecule has 1 aromatic heterocycles. The lowest BCUT2D eigenvalue weighted by Gasteiger charge is -2.40. The monoisotopic (exact) mass is 395 g/mol. The minimum absolute atomic E-state index is 0.0438. The Morgan fingerprint density at radius 1 is 1.00 bits per heavy atom. The summed E-state index contributed by atoms with van der Waals surface area (Å²) >= 11 is 0. The van der Waals surface area contributed by atoms with Gasteiger partial charge in [-0.2, -0.15) is 0 Å². The molecule has 3 fully saturated rings. The molecule has 7 nitrogen and oxygen atoms in total. The molecule has 0 radical (unpaired) electrons. The Morgan fingerprint density at radius 2 is 1.83 bits per heavy atom. The van der Waals surface area contributed by atoms with Crippen LogP contribution < -0.4 is 15.0 Å². The van der Waals surface area contributed by atoms with Crippen LogP contribution >= 0.6 is 0 Å². The summed E-state index contributed by atoms with van der Waals surface area (Å²) < 4.78 is 6.22. The van der Waals surface area contributed by atoms with E-state index in [1.54, 1.807) is 6.33 Å². The number of aromatic nitrogens is 2. The highest BCUT2D eigenvalue weighted by atomic mass is 16.5. The number of rotatable bonds is 4. The highest BCUT2D eigenvalue weighted by Gasteiger charge is 2.30. The summed E-state index contributed by atoms with van der Waals surface area (Å²) in [6.45, 7) is 4.48. The number of fused-ring (bicyclic) bond motifs is 1. The van der Waals surface area contributed by atoms with Gasteiger partial charge in [-0.3, -0.25) is 9.69 Å². The predicted octanol–water partition coefficient (Wildman–Crippen LogP) is 2.35. The van der Waals surface area contributed by atoms with Gasteiger partial charge >= 0.3 is 0 Å². The van der Waals surface area contributed by atoms with E-state index in [2.05, 4.69) is 43.3 Å². The predicted molar refractivity (Wildman–Crippen MR) is 112 cm³/mol. The standard InChI is InChI=1S/C22H29N5O2/c28-21-20(6-3-9-23-21)27-12-10-26(11-13-27)16-7-8-19-18(14-16)22(25-15-24-19)29-17-4-1-2-5-17/h7-8,14-15,17,20H,1-6,9-13H2,(H,23,28). The molecule has 1 unspecified atom stereocenters. The quantitative estimate of drug-likeness (QED) is 0.857. The molecule has 2 saturated heterocycles. The zero-order valence-corrected chi connectivity index (χ0v) is 16.8. The van der Waals surface area contributed by atoms with Crippen molar-refractivity contribution in [3.63, 3.8) is 0 Å². The molecule has 1 N–H and O–H groups in total. The van der Waals surface area contributed by atoms with Gasteiger partial charge in [0.15, 0.2) is 0 Å². The molecule has 1 amide bonds. The number of hydrogen-bond donors (Lipinski definition) is 1. The second-order valence-electron chi connectivity index (χ2n) is 8.38. The van der Waals surface area contributed by atoms with E-state index >= 15 is 0 Å². The molecule has 3 aliphatic rings. The maximum Gasteiger partial charge on any atom is 0.237 e. The van der Waals surface area contributed by atoms with Gasteiger partial charge in [0.25, 0.3) is 0 Å². The van der Waals surface area contributed by atoms with Gasteiger partial charge in [0.2, 0.25) is 11.8 Å². The lowest BCUT2D eigenvalue weighted by Crippen LogP contribution is -2.56. The minimum atomic E-state index is 0.0438. The van der Waals surface area contributed by atoms with Crippen LogP contribution in [0.25, 0.3) is 10.9 Å². The van der Waals surface area contributed by atoms with Crippen molar-refractivity contribution in [2.45, 2.75) is 50.7 Å². The third kappa shape index (κ3) is 3.88. The van der Waals surface area contributed by atoms with E-state index in [9.17, 15) is 4.79 Å². The molecule has 1 aromatic carbocycles. The van der Waals surface area contributed by atoms with Crippen molar-refractivity contribution >= 4 is 22.5 Å². The first-order valence-electron chi connectivity index (χ1n) is 11.0. The highest BCUT2D eigenvalue weighted by Crippen LogP contribution is 2.30. The average molecular weight is 396 g/mol. The van der Waals surface area contributed by atoms with E-state index in [0.29, 0.717) is 5.88 Å². The maximum absolute atomic E-state index is 12.2. The molecule has 1 aliphatic carbocycles. The SMILES string of the molecule is O=C1NCCCC1N1CCN(c2ccc3ncnc(OC4CCCC4)c3c2)CC1. The summed E-state index contributed by atoms with van der Waals surface area (Å²) in [7, 11) is 0. The van der Waals surface area contributed by atoms with Crippen LogP contribution in [0.1, 0.15) is 38.5 Å². The molecule has 3 heterocycles. The summed E-state index contributed by atoms with van der Waals surface area (Å²) in [5.41, 5.74) is 2.10. The van der Waals surface area contributed by atoms with Gasteiger partial charge in [0.05, 0.1) is 16.9 Å². The highest BCUT2D eigenvalue weighted by molar-refractivity contribution is 5.87. The smallest absolute Gasteiger partial charge is 0.237 e. The van der Waals surface area contributed by atoms with Gasteiger partial charge in [0, 0.05) is 38.4 Å². The van der Waals surface area contributed by atoms with Gasteiger partial charge in [-0.15, -0.1) is 0 Å². The van der Waals surface area contributed by atoms with Gasteiger partial charge in [-0.1, -0.05) is 0 Å². The van der Waals surface area contributed by atoms with E-state index < -0.39 is 0 Å². The van der Waals surface area contributed by atoms with Crippen LogP contribution in [0.2, 0.25) is 0 Å². The molecular formula is C22H29N5O2. The molecule has 1 saturated carbocycles. The molecular weight excluding hydrogens is 366 g/mol. The summed E-state index contributed by atoms with van der Waals surface area (Å²) in [5.74, 6) is 0.905. The third-order valence-corrected chi connectivity index (χ3v) is 6.54. The number of amides is 1. The van der Waals surface area contributed by atoms with Gasteiger partial charge in [-0.25, -0.2) is 9.97 Å². The number of benzene rings is 1. The van der Waals surface area contributed by atoms with Crippen LogP contribution in [-0.2, 0) is 4.79 Å². The zero-order chi connectivity index (χ0) is 19.6. The number of ether oxygens (including phenoxy) is 1. The van der Waals surface area contributed by atoms with E-state index in [4.69, 9.17) is 4.74 Å². The fourth-order valence-electron chi connectivity index (χ4n) is 4.87. The number of anilines is 1. The van der Waals surface area contributed by atoms with Crippen molar-refractivity contribution in [2.75, 3.05) is 37.6 Å². The van der Waals surface area contributed by atoms with Gasteiger partial charge in [0.1, 0.15) is 12.4 Å². The average Bonchev–Trinajstić information content (AvgIpc) is 3.27. The Bertz CT molecular complexity index is 875. The summed E-state index contributed by atoms with van der Waals surface area (Å²) in [5, 5.41) is 4.00. The van der Waals surface area contributed by atoms with Crippen molar-refractivity contribution in [3.05, 3.63) is 24.5 Å². The van der Waals surface area contributed by atoms with Gasteiger partial charge < -0.3 is 15.0 Å². The van der Waals surface area contributed by atoms with Crippen LogP contribution in [0.4, 0.5) is 5.69 Å². The first-order chi connectivity index (χ1) is 14.3. The largest absolute Gasteiger partial charge is 0.474 e. The molecule has 1 atom stereocenters. The van der Waals surface area contributed by atoms with Crippen molar-refractivity contribution in [3.8, 4) is 5.88 Å². The summed E-state index contributed by atoms with van der Waals surface area (Å²) in [6.07, 6.45) is 8.63. The van der Waals surface area contributed by atoms with Crippen molar-refractivity contribution < 1.29 is 9.53 Å². The molecule has 7 heteroatoms. The maximum atomic E-state index is 12.2. The van der Waals surface area contributed by atoms with Crippen molar-refractivity contribution in [1.29, 1.82) is 0 Å². The van der Waals surface area contributed by atoms with Crippen LogP contribution in [0.3, 0.4) is 0 Å². The van der Waals surface area contributed by atoms with Crippen molar-refractivity contribution in [2.24, 2.45) is 0 Å². The molecule has 2 aromatic rings. The van der Waals surface area contributed by atoms with Crippen molar-refractivity contribution in [1.82, 2.24) is 20.2 Å². The lowest BCUT2D eigenvalue weighted by atomic mass is 10.0. The topological polar surface area (TPSA) is 70.6 Å². The lowest BCUT2D eigenvalue weighted by molar-refractivity contribution is -0.128. The fourth-order valence-corrected chi connectivity index (χ4v) is 4.87. The van der Waals surface area contributed by atoms with Crippen LogP contribution in [0.5, 0.6) is 5.88 Å². The molecule has 29 heavy (non-hydrogen) atoms. The van der Waals surface area contributed by atoms with Gasteiger partial charge in [-0.05, 0) is 56.7 Å². The number of nitrogens with zero attached hydrogens (tertiary/aromatic N) is 4. The number of carbonyl (C=O) groups excluding carboxylic acids is 1. The Morgan fingerprint density at radius 3 is 2.62 bits per heavy atom. The molecule has 5 rings (SSSR count). The minimum Gasteiger partial charge on any atom is -0.474 e. The van der Waals surface area contributed by atoms with E-state index in [0.717, 1.165) is 69.3 Å². The first kappa shape index (κ1) is 18.6. The fraction of sp³-hybridized carbons (Fsp3) is 0.591. The van der Waals surface area contributed by atoms with E-state index in [1.165, 1.54) is 18.5 Å².